The molecule has 4 nitrogen and oxygen atoms in total. The van der Waals surface area contributed by atoms with Gasteiger partial charge in [-0.25, -0.2) is 9.97 Å². The first-order chi connectivity index (χ1) is 12.2. The zero-order valence-electron chi connectivity index (χ0n) is 14.6. The van der Waals surface area contributed by atoms with Crippen LogP contribution in [0.1, 0.15) is 55.9 Å². The first kappa shape index (κ1) is 17.3. The van der Waals surface area contributed by atoms with Gasteiger partial charge in [-0.05, 0) is 56.4 Å². The second kappa shape index (κ2) is 7.62. The summed E-state index contributed by atoms with van der Waals surface area (Å²) >= 11 is 3.30. The van der Waals surface area contributed by atoms with Crippen molar-refractivity contribution in [3.8, 4) is 0 Å². The number of aryl methyl sites for hydroxylation is 2. The van der Waals surface area contributed by atoms with Crippen LogP contribution in [-0.2, 0) is 22.4 Å². The highest BCUT2D eigenvalue weighted by atomic mass is 32.2. The molecule has 0 bridgehead atoms. The number of rotatable bonds is 4. The molecule has 6 heteroatoms. The van der Waals surface area contributed by atoms with Crippen LogP contribution in [0.25, 0.3) is 10.2 Å². The van der Waals surface area contributed by atoms with E-state index < -0.39 is 0 Å². The lowest BCUT2D eigenvalue weighted by Crippen LogP contribution is -2.25. The first-order valence-electron chi connectivity index (χ1n) is 9.28. The van der Waals surface area contributed by atoms with Crippen molar-refractivity contribution in [2.45, 2.75) is 69.4 Å². The quantitative estimate of drug-likeness (QED) is 0.436. The lowest BCUT2D eigenvalue weighted by Gasteiger charge is -2.26. The highest BCUT2D eigenvalue weighted by Crippen LogP contribution is 2.39. The molecule has 2 heterocycles. The van der Waals surface area contributed by atoms with Gasteiger partial charge < -0.3 is 4.74 Å². The third kappa shape index (κ3) is 3.85. The summed E-state index contributed by atoms with van der Waals surface area (Å²) in [5.74, 6) is 0.889. The summed E-state index contributed by atoms with van der Waals surface area (Å²) in [5, 5.41) is 2.13. The number of fused-ring (bicyclic) bond motifs is 3. The molecule has 2 atom stereocenters. The molecule has 0 N–H and O–H groups in total. The molecule has 0 amide bonds. The van der Waals surface area contributed by atoms with Gasteiger partial charge in [0.15, 0.2) is 0 Å². The molecule has 25 heavy (non-hydrogen) atoms. The number of thioether (sulfide) groups is 1. The summed E-state index contributed by atoms with van der Waals surface area (Å²) in [6.45, 7) is 2.24. The Morgan fingerprint density at radius 1 is 1.28 bits per heavy atom. The van der Waals surface area contributed by atoms with Crippen LogP contribution in [0.4, 0.5) is 0 Å². The maximum atomic E-state index is 12.3. The van der Waals surface area contributed by atoms with Crippen molar-refractivity contribution in [1.29, 1.82) is 0 Å². The summed E-state index contributed by atoms with van der Waals surface area (Å²) in [6.07, 6.45) is 10.9. The highest BCUT2D eigenvalue weighted by Gasteiger charge is 2.23. The van der Waals surface area contributed by atoms with Crippen LogP contribution in [0.2, 0.25) is 0 Å². The van der Waals surface area contributed by atoms with E-state index in [0.29, 0.717) is 11.7 Å². The van der Waals surface area contributed by atoms with Gasteiger partial charge in [-0.15, -0.1) is 11.3 Å². The van der Waals surface area contributed by atoms with Crippen molar-refractivity contribution in [2.24, 2.45) is 5.92 Å². The number of carbonyl (C=O) groups is 1. The largest absolute Gasteiger partial charge is 0.462 e. The second-order valence-electron chi connectivity index (χ2n) is 7.24. The Balaban J connectivity index is 1.44. The molecular weight excluding hydrogens is 352 g/mol. The number of aromatic nitrogens is 2. The lowest BCUT2D eigenvalue weighted by atomic mass is 9.89. The predicted molar refractivity (Wildman–Crippen MR) is 102 cm³/mol. The molecule has 1 saturated carbocycles. The predicted octanol–water partition coefficient (Wildman–Crippen LogP) is 4.78. The van der Waals surface area contributed by atoms with E-state index in [1.165, 1.54) is 53.3 Å². The number of esters is 1. The zero-order chi connectivity index (χ0) is 17.2. The van der Waals surface area contributed by atoms with Crippen molar-refractivity contribution in [3.05, 3.63) is 16.8 Å². The Morgan fingerprint density at radius 3 is 3.04 bits per heavy atom. The molecular formula is C19H24N2O2S2. The van der Waals surface area contributed by atoms with Gasteiger partial charge in [0.2, 0.25) is 0 Å². The Labute approximate surface area is 156 Å². The third-order valence-electron chi connectivity index (χ3n) is 5.23. The minimum absolute atomic E-state index is 0.108. The zero-order valence-corrected chi connectivity index (χ0v) is 16.3. The van der Waals surface area contributed by atoms with Crippen LogP contribution in [0.3, 0.4) is 0 Å². The Kier molecular flexibility index (Phi) is 5.27. The molecule has 0 saturated heterocycles. The smallest absolute Gasteiger partial charge is 0.316 e. The van der Waals surface area contributed by atoms with Gasteiger partial charge in [-0.1, -0.05) is 25.1 Å². The number of ether oxygens (including phenoxy) is 1. The maximum Gasteiger partial charge on any atom is 0.316 e. The summed E-state index contributed by atoms with van der Waals surface area (Å²) in [6, 6.07) is 0. The van der Waals surface area contributed by atoms with Gasteiger partial charge in [0.1, 0.15) is 22.3 Å². The van der Waals surface area contributed by atoms with Gasteiger partial charge in [0, 0.05) is 10.3 Å². The molecule has 1 fully saturated rings. The van der Waals surface area contributed by atoms with Crippen LogP contribution in [0, 0.1) is 5.92 Å². The summed E-state index contributed by atoms with van der Waals surface area (Å²) in [7, 11) is 0. The van der Waals surface area contributed by atoms with Crippen molar-refractivity contribution >= 4 is 39.3 Å². The van der Waals surface area contributed by atoms with E-state index in [4.69, 9.17) is 4.74 Å². The van der Waals surface area contributed by atoms with Crippen molar-refractivity contribution in [1.82, 2.24) is 9.97 Å². The van der Waals surface area contributed by atoms with Gasteiger partial charge in [-0.3, -0.25) is 4.79 Å². The summed E-state index contributed by atoms with van der Waals surface area (Å²) in [5.41, 5.74) is 1.42. The number of carbonyl (C=O) groups excluding carboxylic acids is 1. The van der Waals surface area contributed by atoms with Crippen molar-refractivity contribution in [2.75, 3.05) is 5.75 Å². The van der Waals surface area contributed by atoms with E-state index in [0.717, 1.165) is 35.5 Å². The fourth-order valence-electron chi connectivity index (χ4n) is 4.00. The summed E-state index contributed by atoms with van der Waals surface area (Å²) in [4.78, 5) is 23.7. The van der Waals surface area contributed by atoms with Crippen molar-refractivity contribution in [3.63, 3.8) is 0 Å². The van der Waals surface area contributed by atoms with Crippen LogP contribution < -0.4 is 0 Å². The molecule has 2 aromatic heterocycles. The van der Waals surface area contributed by atoms with Gasteiger partial charge in [0.25, 0.3) is 0 Å². The topological polar surface area (TPSA) is 52.1 Å². The Hall–Kier alpha value is -1.14. The monoisotopic (exact) mass is 376 g/mol. The first-order valence-corrected chi connectivity index (χ1v) is 11.1. The van der Waals surface area contributed by atoms with Gasteiger partial charge in [-0.2, -0.15) is 0 Å². The van der Waals surface area contributed by atoms with E-state index in [9.17, 15) is 4.79 Å². The van der Waals surface area contributed by atoms with Crippen LogP contribution in [-0.4, -0.2) is 27.8 Å². The second-order valence-corrected chi connectivity index (χ2v) is 9.29. The molecule has 0 aromatic carbocycles. The molecule has 2 aromatic rings. The molecule has 0 spiro atoms. The normalized spacial score (nSPS) is 23.4. The van der Waals surface area contributed by atoms with E-state index >= 15 is 0 Å². The molecule has 0 aliphatic heterocycles. The van der Waals surface area contributed by atoms with E-state index in [1.54, 1.807) is 17.7 Å². The van der Waals surface area contributed by atoms with Gasteiger partial charge in [0.05, 0.1) is 5.75 Å². The van der Waals surface area contributed by atoms with E-state index in [2.05, 4.69) is 16.9 Å². The molecule has 2 aliphatic rings. The maximum absolute atomic E-state index is 12.3. The third-order valence-corrected chi connectivity index (χ3v) is 7.39. The Bertz CT molecular complexity index is 774. The average molecular weight is 377 g/mol. The highest BCUT2D eigenvalue weighted by molar-refractivity contribution is 8.00. The summed E-state index contributed by atoms with van der Waals surface area (Å²) < 4.78 is 5.69. The average Bonchev–Trinajstić information content (AvgIpc) is 2.99. The molecule has 0 radical (unpaired) electrons. The standard InChI is InChI=1S/C19H24N2O2S2/c1-12-5-4-6-13(9-12)23-16(22)10-24-18-17-14-7-2-3-8-15(14)25-19(17)21-11-20-18/h11-13H,2-10H2,1H3. The number of thiophene rings is 1. The minimum atomic E-state index is -0.111. The fraction of sp³-hybridized carbons (Fsp3) is 0.632. The molecule has 4 rings (SSSR count). The van der Waals surface area contributed by atoms with Crippen molar-refractivity contribution < 1.29 is 9.53 Å². The minimum Gasteiger partial charge on any atom is -0.462 e. The molecule has 2 aliphatic carbocycles. The van der Waals surface area contributed by atoms with E-state index in [-0.39, 0.29) is 12.1 Å². The van der Waals surface area contributed by atoms with E-state index in [1.807, 2.05) is 0 Å². The molecule has 2 unspecified atom stereocenters. The number of nitrogens with zero attached hydrogens (tertiary/aromatic N) is 2. The molecule has 134 valence electrons. The van der Waals surface area contributed by atoms with Crippen LogP contribution in [0.15, 0.2) is 11.4 Å². The number of hydrogen-bond donors (Lipinski definition) is 0. The Morgan fingerprint density at radius 2 is 2.16 bits per heavy atom. The van der Waals surface area contributed by atoms with Crippen LogP contribution >= 0.6 is 23.1 Å². The number of hydrogen-bond acceptors (Lipinski definition) is 6. The van der Waals surface area contributed by atoms with Gasteiger partial charge >= 0.3 is 5.97 Å². The fourth-order valence-corrected chi connectivity index (χ4v) is 6.11. The lowest BCUT2D eigenvalue weighted by molar-refractivity contribution is -0.147. The van der Waals surface area contributed by atoms with Crippen LogP contribution in [0.5, 0.6) is 0 Å². The SMILES string of the molecule is CC1CCCC(OC(=O)CSc2ncnc3sc4c(c23)CCCC4)C1.